The number of hydrogen-bond donors (Lipinski definition) is 2. The summed E-state index contributed by atoms with van der Waals surface area (Å²) >= 11 is 0. The fourth-order valence-corrected chi connectivity index (χ4v) is 2.99. The zero-order valence-corrected chi connectivity index (χ0v) is 12.4. The summed E-state index contributed by atoms with van der Waals surface area (Å²) < 4.78 is 0. The quantitative estimate of drug-likeness (QED) is 0.778. The molecule has 114 valence electrons. The molecule has 23 heavy (non-hydrogen) atoms. The minimum Gasteiger partial charge on any atom is -0.390 e. The van der Waals surface area contributed by atoms with E-state index in [4.69, 9.17) is 0 Å². The summed E-state index contributed by atoms with van der Waals surface area (Å²) in [5.74, 6) is 1.34. The van der Waals surface area contributed by atoms with Crippen LogP contribution < -0.4 is 5.32 Å². The van der Waals surface area contributed by atoms with Gasteiger partial charge in [-0.2, -0.15) is 0 Å². The van der Waals surface area contributed by atoms with Gasteiger partial charge in [0.2, 0.25) is 0 Å². The van der Waals surface area contributed by atoms with Crippen molar-refractivity contribution in [3.8, 4) is 11.4 Å². The summed E-state index contributed by atoms with van der Waals surface area (Å²) in [7, 11) is 0. The number of nitrogens with zero attached hydrogens (tertiary/aromatic N) is 3. The van der Waals surface area contributed by atoms with Crippen LogP contribution in [0.25, 0.3) is 11.4 Å². The van der Waals surface area contributed by atoms with E-state index in [-0.39, 0.29) is 6.04 Å². The first-order valence-corrected chi connectivity index (χ1v) is 7.57. The number of hydrogen-bond acceptors (Lipinski definition) is 5. The van der Waals surface area contributed by atoms with Crippen LogP contribution in [0.5, 0.6) is 0 Å². The number of anilines is 1. The number of aromatic nitrogens is 3. The van der Waals surface area contributed by atoms with Crippen LogP contribution in [0, 0.1) is 0 Å². The van der Waals surface area contributed by atoms with Crippen molar-refractivity contribution >= 4 is 5.82 Å². The molecule has 0 saturated heterocycles. The van der Waals surface area contributed by atoms with E-state index in [2.05, 4.69) is 26.3 Å². The van der Waals surface area contributed by atoms with Gasteiger partial charge in [-0.15, -0.1) is 0 Å². The number of pyridine rings is 1. The van der Waals surface area contributed by atoms with Crippen molar-refractivity contribution in [3.63, 3.8) is 0 Å². The monoisotopic (exact) mass is 304 g/mol. The molecule has 3 aromatic rings. The first-order chi connectivity index (χ1) is 11.3. The minimum absolute atomic E-state index is 0.147. The Morgan fingerprint density at radius 1 is 1.00 bits per heavy atom. The summed E-state index contributed by atoms with van der Waals surface area (Å²) in [6, 6.07) is 13.5. The van der Waals surface area contributed by atoms with Crippen LogP contribution in [0.4, 0.5) is 5.82 Å². The molecule has 4 rings (SSSR count). The van der Waals surface area contributed by atoms with Crippen LogP contribution in [0.3, 0.4) is 0 Å². The van der Waals surface area contributed by atoms with E-state index in [0.29, 0.717) is 18.1 Å². The molecule has 2 heterocycles. The molecule has 1 aliphatic carbocycles. The molecular weight excluding hydrogens is 288 g/mol. The van der Waals surface area contributed by atoms with Crippen molar-refractivity contribution in [3.05, 3.63) is 72.2 Å². The summed E-state index contributed by atoms with van der Waals surface area (Å²) in [6.07, 6.45) is 5.37. The first-order valence-electron chi connectivity index (χ1n) is 7.57. The number of aliphatic hydroxyl groups excluding tert-OH is 1. The van der Waals surface area contributed by atoms with E-state index in [0.717, 1.165) is 11.1 Å². The Morgan fingerprint density at radius 3 is 2.70 bits per heavy atom. The predicted molar refractivity (Wildman–Crippen MR) is 87.8 cm³/mol. The normalized spacial score (nSPS) is 19.3. The Kier molecular flexibility index (Phi) is 3.48. The lowest BCUT2D eigenvalue weighted by Gasteiger charge is -2.18. The van der Waals surface area contributed by atoms with Gasteiger partial charge in [-0.3, -0.25) is 4.98 Å². The van der Waals surface area contributed by atoms with Crippen molar-refractivity contribution < 1.29 is 5.11 Å². The number of aliphatic hydroxyl groups is 1. The van der Waals surface area contributed by atoms with Crippen LogP contribution in [0.15, 0.2) is 61.1 Å². The number of benzene rings is 1. The van der Waals surface area contributed by atoms with Crippen LogP contribution in [-0.2, 0) is 6.42 Å². The Bertz CT molecular complexity index is 822. The van der Waals surface area contributed by atoms with Crippen molar-refractivity contribution in [2.24, 2.45) is 0 Å². The van der Waals surface area contributed by atoms with Gasteiger partial charge in [0.1, 0.15) is 5.82 Å². The van der Waals surface area contributed by atoms with Crippen molar-refractivity contribution in [2.75, 3.05) is 5.32 Å². The largest absolute Gasteiger partial charge is 0.390 e. The Hall–Kier alpha value is -2.79. The van der Waals surface area contributed by atoms with Crippen LogP contribution >= 0.6 is 0 Å². The van der Waals surface area contributed by atoms with Gasteiger partial charge in [0.05, 0.1) is 12.1 Å². The van der Waals surface area contributed by atoms with E-state index < -0.39 is 6.10 Å². The third-order valence-corrected chi connectivity index (χ3v) is 4.10. The molecule has 0 spiro atoms. The Labute approximate surface area is 134 Å². The number of fused-ring (bicyclic) bond motifs is 1. The van der Waals surface area contributed by atoms with Gasteiger partial charge in [-0.25, -0.2) is 9.97 Å². The number of nitrogens with one attached hydrogen (secondary N) is 1. The molecule has 0 radical (unpaired) electrons. The zero-order valence-electron chi connectivity index (χ0n) is 12.4. The van der Waals surface area contributed by atoms with Gasteiger partial charge in [0.15, 0.2) is 5.82 Å². The Balaban J connectivity index is 1.63. The fraction of sp³-hybridized carbons (Fsp3) is 0.167. The smallest absolute Gasteiger partial charge is 0.161 e. The topological polar surface area (TPSA) is 70.9 Å². The highest BCUT2D eigenvalue weighted by atomic mass is 16.3. The maximum Gasteiger partial charge on any atom is 0.161 e. The molecule has 0 bridgehead atoms. The van der Waals surface area contributed by atoms with E-state index in [1.165, 1.54) is 5.56 Å². The molecular formula is C18H16N4O. The SMILES string of the molecule is O[C@@H]1Cc2ccccc2C1Nc1ccnc(-c2ccncc2)n1. The summed E-state index contributed by atoms with van der Waals surface area (Å²) in [4.78, 5) is 12.9. The molecule has 0 amide bonds. The lowest BCUT2D eigenvalue weighted by Crippen LogP contribution is -2.21. The average molecular weight is 304 g/mol. The Morgan fingerprint density at radius 2 is 1.83 bits per heavy atom. The first kappa shape index (κ1) is 13.8. The second-order valence-corrected chi connectivity index (χ2v) is 5.59. The molecule has 2 aromatic heterocycles. The van der Waals surface area contributed by atoms with Crippen LogP contribution in [0.1, 0.15) is 17.2 Å². The average Bonchev–Trinajstić information content (AvgIpc) is 2.92. The molecule has 0 aliphatic heterocycles. The van der Waals surface area contributed by atoms with Crippen molar-refractivity contribution in [1.29, 1.82) is 0 Å². The van der Waals surface area contributed by atoms with Gasteiger partial charge >= 0.3 is 0 Å². The highest BCUT2D eigenvalue weighted by Crippen LogP contribution is 2.33. The molecule has 2 atom stereocenters. The van der Waals surface area contributed by atoms with E-state index in [9.17, 15) is 5.11 Å². The molecule has 1 aliphatic rings. The van der Waals surface area contributed by atoms with Crippen LogP contribution in [-0.4, -0.2) is 26.2 Å². The fourth-order valence-electron chi connectivity index (χ4n) is 2.99. The second kappa shape index (κ2) is 5.78. The summed E-state index contributed by atoms with van der Waals surface area (Å²) in [5, 5.41) is 13.7. The summed E-state index contributed by atoms with van der Waals surface area (Å²) in [5.41, 5.74) is 3.22. The lowest BCUT2D eigenvalue weighted by molar-refractivity contribution is 0.165. The lowest BCUT2D eigenvalue weighted by atomic mass is 10.1. The van der Waals surface area contributed by atoms with Crippen molar-refractivity contribution in [1.82, 2.24) is 15.0 Å². The zero-order chi connectivity index (χ0) is 15.6. The third-order valence-electron chi connectivity index (χ3n) is 4.10. The van der Waals surface area contributed by atoms with Crippen molar-refractivity contribution in [2.45, 2.75) is 18.6 Å². The summed E-state index contributed by atoms with van der Waals surface area (Å²) in [6.45, 7) is 0. The number of rotatable bonds is 3. The van der Waals surface area contributed by atoms with Gasteiger partial charge < -0.3 is 10.4 Å². The molecule has 0 fully saturated rings. The molecule has 0 saturated carbocycles. The molecule has 5 nitrogen and oxygen atoms in total. The van der Waals surface area contributed by atoms with Gasteiger partial charge in [-0.05, 0) is 29.3 Å². The van der Waals surface area contributed by atoms with E-state index in [1.807, 2.05) is 36.4 Å². The highest BCUT2D eigenvalue weighted by Gasteiger charge is 2.30. The maximum absolute atomic E-state index is 10.3. The molecule has 1 aromatic carbocycles. The molecule has 2 N–H and O–H groups in total. The maximum atomic E-state index is 10.3. The highest BCUT2D eigenvalue weighted by molar-refractivity contribution is 5.56. The molecule has 5 heteroatoms. The van der Waals surface area contributed by atoms with Gasteiger partial charge in [-0.1, -0.05) is 24.3 Å². The second-order valence-electron chi connectivity index (χ2n) is 5.59. The van der Waals surface area contributed by atoms with E-state index >= 15 is 0 Å². The molecule has 1 unspecified atom stereocenters. The predicted octanol–water partition coefficient (Wildman–Crippen LogP) is 2.61. The minimum atomic E-state index is -0.452. The van der Waals surface area contributed by atoms with Crippen LogP contribution in [0.2, 0.25) is 0 Å². The standard InChI is InChI=1S/C18H16N4O/c23-15-11-13-3-1-2-4-14(13)17(15)21-16-7-10-20-18(22-16)12-5-8-19-9-6-12/h1-10,15,17,23H,11H2,(H,20,21,22)/t15-,17?/m1/s1. The third kappa shape index (κ3) is 2.66. The van der Waals surface area contributed by atoms with Gasteiger partial charge in [0, 0.05) is 30.6 Å². The van der Waals surface area contributed by atoms with E-state index in [1.54, 1.807) is 18.6 Å². The van der Waals surface area contributed by atoms with Gasteiger partial charge in [0.25, 0.3) is 0 Å².